The van der Waals surface area contributed by atoms with Gasteiger partial charge in [0.1, 0.15) is 12.4 Å². The molecule has 0 radical (unpaired) electrons. The maximum atomic E-state index is 13.9. The van der Waals surface area contributed by atoms with Crippen molar-refractivity contribution in [2.45, 2.75) is 26.3 Å². The summed E-state index contributed by atoms with van der Waals surface area (Å²) in [5.41, 5.74) is 2.65. The van der Waals surface area contributed by atoms with Crippen LogP contribution in [-0.4, -0.2) is 44.0 Å². The minimum absolute atomic E-state index is 0. The van der Waals surface area contributed by atoms with Crippen LogP contribution in [0.3, 0.4) is 0 Å². The number of amides is 1. The molecular formula is C22H30FIN4O. The second-order valence-corrected chi connectivity index (χ2v) is 6.99. The average molecular weight is 512 g/mol. The van der Waals surface area contributed by atoms with Crippen LogP contribution in [0.5, 0.6) is 0 Å². The second-order valence-electron chi connectivity index (χ2n) is 6.99. The minimum atomic E-state index is -0.232. The maximum absolute atomic E-state index is 13.9. The van der Waals surface area contributed by atoms with Gasteiger partial charge in [0.25, 0.3) is 0 Å². The zero-order chi connectivity index (χ0) is 20.5. The van der Waals surface area contributed by atoms with Crippen LogP contribution in [0.15, 0.2) is 53.5 Å². The van der Waals surface area contributed by atoms with E-state index in [9.17, 15) is 9.18 Å². The van der Waals surface area contributed by atoms with E-state index < -0.39 is 0 Å². The van der Waals surface area contributed by atoms with Crippen LogP contribution in [0.2, 0.25) is 0 Å². The molecule has 2 aromatic carbocycles. The second kappa shape index (κ2) is 12.4. The van der Waals surface area contributed by atoms with Crippen molar-refractivity contribution >= 4 is 35.8 Å². The molecule has 2 aromatic rings. The van der Waals surface area contributed by atoms with E-state index in [1.807, 2.05) is 31.2 Å². The summed E-state index contributed by atoms with van der Waals surface area (Å²) in [4.78, 5) is 17.8. The number of carbonyl (C=O) groups is 1. The standard InChI is InChI=1S/C22H29FN4O.HI/c1-16-10-11-19(14-20(16)23)17(2)26-22(25-15-21(28)27(3)4)24-13-12-18-8-6-5-7-9-18;/h5-11,14,17H,12-13,15H2,1-4H3,(H2,24,25,26);1H. The van der Waals surface area contributed by atoms with Crippen molar-refractivity contribution in [3.63, 3.8) is 0 Å². The molecule has 0 aliphatic heterocycles. The lowest BCUT2D eigenvalue weighted by Crippen LogP contribution is -2.40. The Morgan fingerprint density at radius 1 is 1.17 bits per heavy atom. The van der Waals surface area contributed by atoms with Gasteiger partial charge in [-0.15, -0.1) is 24.0 Å². The highest BCUT2D eigenvalue weighted by Crippen LogP contribution is 2.16. The number of carbonyl (C=O) groups excluding carboxylic acids is 1. The third-order valence-electron chi connectivity index (χ3n) is 4.47. The van der Waals surface area contributed by atoms with Crippen LogP contribution in [0.1, 0.15) is 29.7 Å². The van der Waals surface area contributed by atoms with E-state index in [-0.39, 0.29) is 48.3 Å². The van der Waals surface area contributed by atoms with Crippen molar-refractivity contribution in [2.24, 2.45) is 4.99 Å². The lowest BCUT2D eigenvalue weighted by Gasteiger charge is -2.19. The van der Waals surface area contributed by atoms with E-state index in [0.29, 0.717) is 18.1 Å². The summed E-state index contributed by atoms with van der Waals surface area (Å²) in [5.74, 6) is 0.210. The number of nitrogens with one attached hydrogen (secondary N) is 2. The van der Waals surface area contributed by atoms with E-state index in [1.54, 1.807) is 27.1 Å². The summed E-state index contributed by atoms with van der Waals surface area (Å²) in [6.07, 6.45) is 0.830. The van der Waals surface area contributed by atoms with Crippen molar-refractivity contribution in [3.8, 4) is 0 Å². The third-order valence-corrected chi connectivity index (χ3v) is 4.47. The molecule has 0 spiro atoms. The number of benzene rings is 2. The van der Waals surface area contributed by atoms with Crippen LogP contribution in [0.4, 0.5) is 4.39 Å². The van der Waals surface area contributed by atoms with Crippen LogP contribution in [0, 0.1) is 12.7 Å². The van der Waals surface area contributed by atoms with Gasteiger partial charge in [0.15, 0.2) is 5.96 Å². The molecule has 29 heavy (non-hydrogen) atoms. The molecule has 0 bridgehead atoms. The molecule has 0 fully saturated rings. The Kier molecular flexibility index (Phi) is 10.6. The summed E-state index contributed by atoms with van der Waals surface area (Å²) < 4.78 is 13.9. The zero-order valence-electron chi connectivity index (χ0n) is 17.4. The molecule has 1 unspecified atom stereocenters. The Bertz CT molecular complexity index is 812. The Morgan fingerprint density at radius 3 is 2.48 bits per heavy atom. The summed E-state index contributed by atoms with van der Waals surface area (Å²) in [6.45, 7) is 4.39. The van der Waals surface area contributed by atoms with Gasteiger partial charge in [-0.1, -0.05) is 42.5 Å². The number of likely N-dealkylation sites (N-methyl/N-ethyl adjacent to an activating group) is 1. The number of aryl methyl sites for hydroxylation is 1. The number of halogens is 2. The lowest BCUT2D eigenvalue weighted by molar-refractivity contribution is -0.127. The third kappa shape index (κ3) is 8.39. The van der Waals surface area contributed by atoms with Crippen molar-refractivity contribution in [1.82, 2.24) is 15.5 Å². The fourth-order valence-corrected chi connectivity index (χ4v) is 2.58. The predicted molar refractivity (Wildman–Crippen MR) is 127 cm³/mol. The van der Waals surface area contributed by atoms with Gasteiger partial charge in [0.05, 0.1) is 6.04 Å². The smallest absolute Gasteiger partial charge is 0.243 e. The number of aliphatic imine (C=N–C) groups is 1. The normalized spacial score (nSPS) is 12.0. The summed E-state index contributed by atoms with van der Waals surface area (Å²) in [6, 6.07) is 15.2. The number of hydrogen-bond donors (Lipinski definition) is 2. The van der Waals surface area contributed by atoms with Gasteiger partial charge in [-0.25, -0.2) is 9.38 Å². The Hall–Kier alpha value is -2.16. The number of guanidine groups is 1. The van der Waals surface area contributed by atoms with Gasteiger partial charge in [0.2, 0.25) is 5.91 Å². The van der Waals surface area contributed by atoms with Crippen molar-refractivity contribution in [1.29, 1.82) is 0 Å². The first-order valence-corrected chi connectivity index (χ1v) is 9.42. The Labute approximate surface area is 189 Å². The average Bonchev–Trinajstić information content (AvgIpc) is 2.68. The number of nitrogens with zero attached hydrogens (tertiary/aromatic N) is 2. The molecule has 2 rings (SSSR count). The van der Waals surface area contributed by atoms with Crippen LogP contribution < -0.4 is 10.6 Å². The summed E-state index contributed by atoms with van der Waals surface area (Å²) >= 11 is 0. The molecule has 0 aliphatic carbocycles. The number of hydrogen-bond acceptors (Lipinski definition) is 2. The Morgan fingerprint density at radius 2 is 1.86 bits per heavy atom. The molecule has 158 valence electrons. The van der Waals surface area contributed by atoms with Crippen molar-refractivity contribution in [2.75, 3.05) is 27.2 Å². The number of rotatable bonds is 7. The minimum Gasteiger partial charge on any atom is -0.356 e. The van der Waals surface area contributed by atoms with Gasteiger partial charge in [-0.2, -0.15) is 0 Å². The van der Waals surface area contributed by atoms with Crippen LogP contribution in [-0.2, 0) is 11.2 Å². The predicted octanol–water partition coefficient (Wildman–Crippen LogP) is 3.68. The summed E-state index contributed by atoms with van der Waals surface area (Å²) in [5, 5.41) is 6.53. The van der Waals surface area contributed by atoms with Crippen molar-refractivity contribution in [3.05, 3.63) is 71.0 Å². The fourth-order valence-electron chi connectivity index (χ4n) is 2.58. The monoisotopic (exact) mass is 512 g/mol. The van der Waals surface area contributed by atoms with E-state index >= 15 is 0 Å². The Balaban J connectivity index is 0.00000420. The highest BCUT2D eigenvalue weighted by atomic mass is 127. The highest BCUT2D eigenvalue weighted by Gasteiger charge is 2.11. The molecule has 1 atom stereocenters. The molecule has 0 heterocycles. The molecule has 0 saturated heterocycles. The fraction of sp³-hybridized carbons (Fsp3) is 0.364. The van der Waals surface area contributed by atoms with Crippen LogP contribution in [0.25, 0.3) is 0 Å². The molecule has 7 heteroatoms. The van der Waals surface area contributed by atoms with E-state index in [4.69, 9.17) is 0 Å². The van der Waals surface area contributed by atoms with Gasteiger partial charge in [0, 0.05) is 20.6 Å². The first-order chi connectivity index (χ1) is 13.4. The molecule has 2 N–H and O–H groups in total. The van der Waals surface area contributed by atoms with Gasteiger partial charge < -0.3 is 15.5 Å². The largest absolute Gasteiger partial charge is 0.356 e. The van der Waals surface area contributed by atoms with Gasteiger partial charge >= 0.3 is 0 Å². The highest BCUT2D eigenvalue weighted by molar-refractivity contribution is 14.0. The van der Waals surface area contributed by atoms with E-state index in [0.717, 1.165) is 12.0 Å². The summed E-state index contributed by atoms with van der Waals surface area (Å²) in [7, 11) is 3.40. The van der Waals surface area contributed by atoms with Gasteiger partial charge in [-0.05, 0) is 43.0 Å². The first kappa shape index (κ1) is 24.9. The van der Waals surface area contributed by atoms with E-state index in [2.05, 4.69) is 27.8 Å². The van der Waals surface area contributed by atoms with Crippen LogP contribution >= 0.6 is 24.0 Å². The lowest BCUT2D eigenvalue weighted by atomic mass is 10.1. The zero-order valence-corrected chi connectivity index (χ0v) is 19.7. The molecule has 0 aliphatic rings. The van der Waals surface area contributed by atoms with Gasteiger partial charge in [-0.3, -0.25) is 4.79 Å². The molecule has 5 nitrogen and oxygen atoms in total. The molecule has 0 saturated carbocycles. The maximum Gasteiger partial charge on any atom is 0.243 e. The quantitative estimate of drug-likeness (QED) is 0.338. The topological polar surface area (TPSA) is 56.7 Å². The van der Waals surface area contributed by atoms with E-state index in [1.165, 1.54) is 16.5 Å². The first-order valence-electron chi connectivity index (χ1n) is 9.42. The SMILES string of the molecule is Cc1ccc(C(C)NC(=NCC(=O)N(C)C)NCCc2ccccc2)cc1F.I. The van der Waals surface area contributed by atoms with Crippen molar-refractivity contribution < 1.29 is 9.18 Å². The molecular weight excluding hydrogens is 482 g/mol. The molecule has 0 aromatic heterocycles. The molecule has 1 amide bonds.